The molecule has 0 saturated heterocycles. The molecule has 0 aromatic carbocycles. The molecule has 0 aromatic rings. The van der Waals surface area contributed by atoms with Crippen LogP contribution in [0.4, 0.5) is 0 Å². The molecule has 0 saturated carbocycles. The van der Waals surface area contributed by atoms with Crippen LogP contribution >= 0.6 is 0 Å². The molecule has 92 valence electrons. The molecule has 0 spiro atoms. The van der Waals surface area contributed by atoms with Crippen molar-refractivity contribution in [3.8, 4) is 0 Å². The molecule has 0 aliphatic carbocycles. The summed E-state index contributed by atoms with van der Waals surface area (Å²) in [5.74, 6) is 0.381. The van der Waals surface area contributed by atoms with Crippen LogP contribution in [0.1, 0.15) is 34.1 Å². The maximum absolute atomic E-state index is 9.89. The molecule has 0 heterocycles. The van der Waals surface area contributed by atoms with Gasteiger partial charge in [0.05, 0.1) is 12.7 Å². The summed E-state index contributed by atoms with van der Waals surface area (Å²) in [5, 5.41) is 9.89. The quantitative estimate of drug-likeness (QED) is 0.597. The lowest BCUT2D eigenvalue weighted by Crippen LogP contribution is -2.37. The van der Waals surface area contributed by atoms with Gasteiger partial charge in [0.2, 0.25) is 0 Å². The topological polar surface area (TPSA) is 32.7 Å². The van der Waals surface area contributed by atoms with Gasteiger partial charge in [-0.1, -0.05) is 27.2 Å². The number of aliphatic hydroxyl groups is 1. The van der Waals surface area contributed by atoms with Crippen LogP contribution in [0.25, 0.3) is 0 Å². The van der Waals surface area contributed by atoms with Crippen LogP contribution in [0.5, 0.6) is 0 Å². The van der Waals surface area contributed by atoms with Crippen LogP contribution in [0.3, 0.4) is 0 Å². The summed E-state index contributed by atoms with van der Waals surface area (Å²) in [6, 6.07) is 0. The van der Waals surface area contributed by atoms with Gasteiger partial charge in [-0.3, -0.25) is 4.90 Å². The van der Waals surface area contributed by atoms with Gasteiger partial charge in [-0.25, -0.2) is 0 Å². The van der Waals surface area contributed by atoms with Crippen molar-refractivity contribution in [1.29, 1.82) is 0 Å². The van der Waals surface area contributed by atoms with Crippen molar-refractivity contribution in [3.63, 3.8) is 0 Å². The minimum atomic E-state index is -0.212. The van der Waals surface area contributed by atoms with Crippen LogP contribution in [0, 0.1) is 5.92 Å². The molecule has 0 rings (SSSR count). The lowest BCUT2D eigenvalue weighted by molar-refractivity contribution is 0.0527. The summed E-state index contributed by atoms with van der Waals surface area (Å²) in [4.78, 5) is 2.24. The first kappa shape index (κ1) is 14.9. The molecular weight excluding hydrogens is 190 g/mol. The third-order valence-corrected chi connectivity index (χ3v) is 2.95. The van der Waals surface area contributed by atoms with Crippen LogP contribution in [0.2, 0.25) is 0 Å². The fraction of sp³-hybridized carbons (Fsp3) is 1.00. The first-order valence-corrected chi connectivity index (χ1v) is 6.13. The average molecular weight is 217 g/mol. The molecule has 0 aromatic heterocycles. The molecule has 0 fully saturated rings. The first-order valence-electron chi connectivity index (χ1n) is 6.13. The Morgan fingerprint density at radius 3 is 2.40 bits per heavy atom. The molecule has 0 radical (unpaired) electrons. The number of ether oxygens (including phenoxy) is 1. The minimum absolute atomic E-state index is 0.212. The van der Waals surface area contributed by atoms with Crippen molar-refractivity contribution in [2.24, 2.45) is 5.92 Å². The Morgan fingerprint density at radius 1 is 1.27 bits per heavy atom. The van der Waals surface area contributed by atoms with E-state index in [2.05, 4.69) is 25.7 Å². The second-order valence-corrected chi connectivity index (χ2v) is 4.04. The van der Waals surface area contributed by atoms with Gasteiger partial charge in [0.15, 0.2) is 0 Å². The Kier molecular flexibility index (Phi) is 9.06. The normalized spacial score (nSPS) is 15.6. The molecule has 2 atom stereocenters. The molecule has 0 amide bonds. The van der Waals surface area contributed by atoms with Crippen molar-refractivity contribution in [1.82, 2.24) is 4.90 Å². The first-order chi connectivity index (χ1) is 7.15. The zero-order valence-electron chi connectivity index (χ0n) is 10.7. The second kappa shape index (κ2) is 9.13. The van der Waals surface area contributed by atoms with E-state index >= 15 is 0 Å². The van der Waals surface area contributed by atoms with Gasteiger partial charge < -0.3 is 9.84 Å². The Bertz CT molecular complexity index is 142. The molecule has 3 heteroatoms. The van der Waals surface area contributed by atoms with Gasteiger partial charge in [0, 0.05) is 19.7 Å². The SMILES string of the molecule is CCOCCN(CC)CC(O)C(C)CC. The molecule has 1 N–H and O–H groups in total. The summed E-state index contributed by atoms with van der Waals surface area (Å²) < 4.78 is 5.31. The van der Waals surface area contributed by atoms with E-state index in [9.17, 15) is 5.11 Å². The molecule has 0 aliphatic heterocycles. The Balaban J connectivity index is 3.76. The van der Waals surface area contributed by atoms with E-state index in [0.717, 1.165) is 39.3 Å². The Labute approximate surface area is 94.4 Å². The van der Waals surface area contributed by atoms with Gasteiger partial charge in [0.1, 0.15) is 0 Å². The van der Waals surface area contributed by atoms with E-state index in [4.69, 9.17) is 4.74 Å². The Hall–Kier alpha value is -0.120. The summed E-state index contributed by atoms with van der Waals surface area (Å²) in [6.07, 6.45) is 0.820. The summed E-state index contributed by atoms with van der Waals surface area (Å²) in [7, 11) is 0. The second-order valence-electron chi connectivity index (χ2n) is 4.04. The number of aliphatic hydroxyl groups excluding tert-OH is 1. The largest absolute Gasteiger partial charge is 0.392 e. The highest BCUT2D eigenvalue weighted by Crippen LogP contribution is 2.08. The number of hydrogen-bond acceptors (Lipinski definition) is 3. The molecule has 2 unspecified atom stereocenters. The van der Waals surface area contributed by atoms with Gasteiger partial charge in [-0.2, -0.15) is 0 Å². The van der Waals surface area contributed by atoms with Gasteiger partial charge in [0.25, 0.3) is 0 Å². The lowest BCUT2D eigenvalue weighted by atomic mass is 10.0. The lowest BCUT2D eigenvalue weighted by Gasteiger charge is -2.26. The highest BCUT2D eigenvalue weighted by molar-refractivity contribution is 4.68. The maximum atomic E-state index is 9.89. The third kappa shape index (κ3) is 6.88. The van der Waals surface area contributed by atoms with E-state index in [0.29, 0.717) is 5.92 Å². The zero-order chi connectivity index (χ0) is 11.7. The molecule has 3 nitrogen and oxygen atoms in total. The highest BCUT2D eigenvalue weighted by Gasteiger charge is 2.15. The van der Waals surface area contributed by atoms with Crippen molar-refractivity contribution in [2.45, 2.75) is 40.2 Å². The summed E-state index contributed by atoms with van der Waals surface area (Å²) >= 11 is 0. The standard InChI is InChI=1S/C12H27NO2/c1-5-11(4)12(14)10-13(6-2)8-9-15-7-3/h11-12,14H,5-10H2,1-4H3. The van der Waals surface area contributed by atoms with Crippen molar-refractivity contribution in [3.05, 3.63) is 0 Å². The van der Waals surface area contributed by atoms with Crippen molar-refractivity contribution in [2.75, 3.05) is 32.8 Å². The van der Waals surface area contributed by atoms with Crippen LogP contribution < -0.4 is 0 Å². The van der Waals surface area contributed by atoms with E-state index in [-0.39, 0.29) is 6.10 Å². The number of likely N-dealkylation sites (N-methyl/N-ethyl adjacent to an activating group) is 1. The van der Waals surface area contributed by atoms with Gasteiger partial charge >= 0.3 is 0 Å². The maximum Gasteiger partial charge on any atom is 0.0692 e. The fourth-order valence-corrected chi connectivity index (χ4v) is 1.43. The van der Waals surface area contributed by atoms with Crippen molar-refractivity contribution >= 4 is 0 Å². The predicted molar refractivity (Wildman–Crippen MR) is 64.1 cm³/mol. The van der Waals surface area contributed by atoms with Crippen LogP contribution in [-0.4, -0.2) is 49.0 Å². The molecule has 0 bridgehead atoms. The predicted octanol–water partition coefficient (Wildman–Crippen LogP) is 1.75. The van der Waals surface area contributed by atoms with E-state index < -0.39 is 0 Å². The van der Waals surface area contributed by atoms with E-state index in [1.54, 1.807) is 0 Å². The molecular formula is C12H27NO2. The number of hydrogen-bond donors (Lipinski definition) is 1. The van der Waals surface area contributed by atoms with E-state index in [1.807, 2.05) is 6.92 Å². The van der Waals surface area contributed by atoms with E-state index in [1.165, 1.54) is 0 Å². The number of rotatable bonds is 9. The van der Waals surface area contributed by atoms with Gasteiger partial charge in [-0.05, 0) is 19.4 Å². The van der Waals surface area contributed by atoms with Gasteiger partial charge in [-0.15, -0.1) is 0 Å². The summed E-state index contributed by atoms with van der Waals surface area (Å²) in [6.45, 7) is 12.5. The van der Waals surface area contributed by atoms with Crippen LogP contribution in [-0.2, 0) is 4.74 Å². The Morgan fingerprint density at radius 2 is 1.93 bits per heavy atom. The zero-order valence-corrected chi connectivity index (χ0v) is 10.7. The molecule has 0 aliphatic rings. The van der Waals surface area contributed by atoms with Crippen LogP contribution in [0.15, 0.2) is 0 Å². The smallest absolute Gasteiger partial charge is 0.0692 e. The third-order valence-electron chi connectivity index (χ3n) is 2.95. The fourth-order valence-electron chi connectivity index (χ4n) is 1.43. The monoisotopic (exact) mass is 217 g/mol. The number of nitrogens with zero attached hydrogens (tertiary/aromatic N) is 1. The summed E-state index contributed by atoms with van der Waals surface area (Å²) in [5.41, 5.74) is 0. The average Bonchev–Trinajstić information content (AvgIpc) is 2.26. The highest BCUT2D eigenvalue weighted by atomic mass is 16.5. The molecule has 15 heavy (non-hydrogen) atoms. The minimum Gasteiger partial charge on any atom is -0.392 e. The van der Waals surface area contributed by atoms with Crippen molar-refractivity contribution < 1.29 is 9.84 Å².